The maximum atomic E-state index is 11.2. The summed E-state index contributed by atoms with van der Waals surface area (Å²) in [5.74, 6) is -0.0884. The Morgan fingerprint density at radius 1 is 1.06 bits per heavy atom. The highest BCUT2D eigenvalue weighted by Gasteiger charge is 2.14. The van der Waals surface area contributed by atoms with Crippen LogP contribution >= 0.6 is 11.3 Å². The summed E-state index contributed by atoms with van der Waals surface area (Å²) in [5.41, 5.74) is 10.1. The van der Waals surface area contributed by atoms with Crippen LogP contribution in [0.15, 0.2) is 66.7 Å². The molecule has 0 atom stereocenters. The standard InChI is InChI=1S/C24H23N3O3S/c1-30-20-9-4-16(5-10-20)12-13-27(15-17-2-6-18(7-3-17)23(28)29)24-26-21-11-8-19(25)14-22(21)31-24/h2-11,14H,12-13,15,25H2,1H3,(H,28,29). The second-order valence-corrected chi connectivity index (χ2v) is 8.25. The van der Waals surface area contributed by atoms with Crippen molar-refractivity contribution in [2.45, 2.75) is 13.0 Å². The SMILES string of the molecule is COc1ccc(CCN(Cc2ccc(C(=O)O)cc2)c2nc3ccc(N)cc3s2)cc1. The molecule has 0 spiro atoms. The van der Waals surface area contributed by atoms with E-state index in [0.29, 0.717) is 6.54 Å². The first-order valence-electron chi connectivity index (χ1n) is 9.88. The van der Waals surface area contributed by atoms with Crippen LogP contribution in [0.1, 0.15) is 21.5 Å². The second-order valence-electron chi connectivity index (χ2n) is 7.25. The van der Waals surface area contributed by atoms with Gasteiger partial charge >= 0.3 is 5.97 Å². The largest absolute Gasteiger partial charge is 0.497 e. The summed E-state index contributed by atoms with van der Waals surface area (Å²) in [6.07, 6.45) is 0.843. The number of carbonyl (C=O) groups is 1. The van der Waals surface area contributed by atoms with Crippen LogP contribution < -0.4 is 15.4 Å². The van der Waals surface area contributed by atoms with Crippen LogP contribution in [-0.2, 0) is 13.0 Å². The van der Waals surface area contributed by atoms with E-state index in [0.717, 1.165) is 45.3 Å². The summed E-state index contributed by atoms with van der Waals surface area (Å²) in [4.78, 5) is 18.2. The Bertz CT molecular complexity index is 1190. The lowest BCUT2D eigenvalue weighted by atomic mass is 10.1. The van der Waals surface area contributed by atoms with E-state index in [2.05, 4.69) is 17.0 Å². The average molecular weight is 434 g/mol. The van der Waals surface area contributed by atoms with Crippen LogP contribution in [-0.4, -0.2) is 29.7 Å². The van der Waals surface area contributed by atoms with Crippen LogP contribution in [0.5, 0.6) is 5.75 Å². The van der Waals surface area contributed by atoms with Crippen LogP contribution in [0.2, 0.25) is 0 Å². The molecule has 4 rings (SSSR count). The van der Waals surface area contributed by atoms with E-state index in [4.69, 9.17) is 20.6 Å². The molecule has 1 heterocycles. The van der Waals surface area contributed by atoms with Crippen molar-refractivity contribution in [3.8, 4) is 5.75 Å². The topological polar surface area (TPSA) is 88.7 Å². The Kier molecular flexibility index (Phi) is 6.04. The van der Waals surface area contributed by atoms with E-state index in [1.54, 1.807) is 30.6 Å². The van der Waals surface area contributed by atoms with Gasteiger partial charge in [0.1, 0.15) is 5.75 Å². The molecule has 7 heteroatoms. The van der Waals surface area contributed by atoms with Gasteiger partial charge in [-0.2, -0.15) is 0 Å². The molecule has 0 saturated carbocycles. The minimum Gasteiger partial charge on any atom is -0.497 e. The summed E-state index contributed by atoms with van der Waals surface area (Å²) in [7, 11) is 1.66. The molecule has 1 aromatic heterocycles. The lowest BCUT2D eigenvalue weighted by molar-refractivity contribution is 0.0697. The van der Waals surface area contributed by atoms with E-state index < -0.39 is 5.97 Å². The molecule has 31 heavy (non-hydrogen) atoms. The van der Waals surface area contributed by atoms with Crippen molar-refractivity contribution >= 4 is 38.3 Å². The van der Waals surface area contributed by atoms with Crippen molar-refractivity contribution < 1.29 is 14.6 Å². The number of nitrogens with zero attached hydrogens (tertiary/aromatic N) is 2. The number of aromatic carboxylic acids is 1. The molecule has 0 radical (unpaired) electrons. The number of rotatable bonds is 8. The highest BCUT2D eigenvalue weighted by molar-refractivity contribution is 7.22. The molecule has 0 aliphatic rings. The van der Waals surface area contributed by atoms with Gasteiger partial charge in [-0.3, -0.25) is 0 Å². The maximum Gasteiger partial charge on any atom is 0.335 e. The summed E-state index contributed by atoms with van der Waals surface area (Å²) >= 11 is 1.61. The molecule has 0 saturated heterocycles. The number of hydrogen-bond acceptors (Lipinski definition) is 6. The van der Waals surface area contributed by atoms with Crippen molar-refractivity contribution in [2.24, 2.45) is 0 Å². The number of fused-ring (bicyclic) bond motifs is 1. The number of carboxylic acid groups (broad SMARTS) is 1. The molecule has 0 fully saturated rings. The summed E-state index contributed by atoms with van der Waals surface area (Å²) in [6.45, 7) is 1.40. The lowest BCUT2D eigenvalue weighted by Crippen LogP contribution is -2.25. The smallest absolute Gasteiger partial charge is 0.335 e. The number of ether oxygens (including phenoxy) is 1. The molecule has 158 valence electrons. The van der Waals surface area contributed by atoms with Crippen molar-refractivity contribution in [2.75, 3.05) is 24.3 Å². The Hall–Kier alpha value is -3.58. The monoisotopic (exact) mass is 433 g/mol. The Morgan fingerprint density at radius 3 is 2.45 bits per heavy atom. The van der Waals surface area contributed by atoms with Gasteiger partial charge in [0.2, 0.25) is 0 Å². The molecule has 0 aliphatic heterocycles. The highest BCUT2D eigenvalue weighted by Crippen LogP contribution is 2.31. The van der Waals surface area contributed by atoms with Crippen LogP contribution in [0, 0.1) is 0 Å². The first-order chi connectivity index (χ1) is 15.0. The number of benzene rings is 3. The van der Waals surface area contributed by atoms with E-state index in [1.807, 2.05) is 42.5 Å². The average Bonchev–Trinajstić information content (AvgIpc) is 3.20. The minimum atomic E-state index is -0.924. The van der Waals surface area contributed by atoms with Gasteiger partial charge in [0.15, 0.2) is 5.13 Å². The maximum absolute atomic E-state index is 11.2. The van der Waals surface area contributed by atoms with Crippen LogP contribution in [0.3, 0.4) is 0 Å². The third-order valence-corrected chi connectivity index (χ3v) is 6.15. The normalized spacial score (nSPS) is 10.9. The molecule has 4 aromatic rings. The molecule has 0 bridgehead atoms. The van der Waals surface area contributed by atoms with Gasteiger partial charge in [-0.15, -0.1) is 0 Å². The minimum absolute atomic E-state index is 0.281. The first-order valence-corrected chi connectivity index (χ1v) is 10.7. The molecular weight excluding hydrogens is 410 g/mol. The van der Waals surface area contributed by atoms with Crippen molar-refractivity contribution in [1.29, 1.82) is 0 Å². The van der Waals surface area contributed by atoms with Gasteiger partial charge in [-0.1, -0.05) is 35.6 Å². The number of carboxylic acids is 1. The molecule has 3 N–H and O–H groups in total. The number of anilines is 2. The van der Waals surface area contributed by atoms with E-state index in [9.17, 15) is 4.79 Å². The van der Waals surface area contributed by atoms with Gasteiger partial charge < -0.3 is 20.5 Å². The summed E-state index contributed by atoms with van der Waals surface area (Å²) < 4.78 is 6.29. The van der Waals surface area contributed by atoms with E-state index >= 15 is 0 Å². The fourth-order valence-corrected chi connectivity index (χ4v) is 4.37. The molecule has 0 amide bonds. The second kappa shape index (κ2) is 9.06. The van der Waals surface area contributed by atoms with Crippen molar-refractivity contribution in [1.82, 2.24) is 4.98 Å². The van der Waals surface area contributed by atoms with E-state index in [1.165, 1.54) is 5.56 Å². The fraction of sp³-hybridized carbons (Fsp3) is 0.167. The predicted octanol–water partition coefficient (Wildman–Crippen LogP) is 4.83. The summed E-state index contributed by atoms with van der Waals surface area (Å²) in [5, 5.41) is 10.1. The Labute approximate surface area is 184 Å². The van der Waals surface area contributed by atoms with Crippen molar-refractivity contribution in [3.05, 3.63) is 83.4 Å². The third-order valence-electron chi connectivity index (χ3n) is 5.08. The van der Waals surface area contributed by atoms with Crippen LogP contribution in [0.4, 0.5) is 10.8 Å². The Morgan fingerprint density at radius 2 is 1.77 bits per heavy atom. The molecule has 0 unspecified atom stereocenters. The highest BCUT2D eigenvalue weighted by atomic mass is 32.1. The number of methoxy groups -OCH3 is 1. The molecular formula is C24H23N3O3S. The van der Waals surface area contributed by atoms with Crippen LogP contribution in [0.25, 0.3) is 10.2 Å². The Balaban J connectivity index is 1.59. The number of nitrogen functional groups attached to an aromatic ring is 1. The number of thiazole rings is 1. The molecule has 0 aliphatic carbocycles. The third kappa shape index (κ3) is 4.95. The quantitative estimate of drug-likeness (QED) is 0.387. The van der Waals surface area contributed by atoms with Gasteiger partial charge in [0.25, 0.3) is 0 Å². The number of nitrogens with two attached hydrogens (primary N) is 1. The molecule has 6 nitrogen and oxygen atoms in total. The zero-order valence-corrected chi connectivity index (χ0v) is 17.9. The summed E-state index contributed by atoms with van der Waals surface area (Å²) in [6, 6.07) is 20.8. The van der Waals surface area contributed by atoms with Gasteiger partial charge in [0, 0.05) is 18.8 Å². The molecule has 3 aromatic carbocycles. The number of hydrogen-bond donors (Lipinski definition) is 2. The van der Waals surface area contributed by atoms with Gasteiger partial charge in [-0.05, 0) is 60.0 Å². The zero-order valence-electron chi connectivity index (χ0n) is 17.1. The van der Waals surface area contributed by atoms with Gasteiger partial charge in [-0.25, -0.2) is 9.78 Å². The lowest BCUT2D eigenvalue weighted by Gasteiger charge is -2.22. The van der Waals surface area contributed by atoms with E-state index in [-0.39, 0.29) is 5.56 Å². The first kappa shape index (κ1) is 20.7. The van der Waals surface area contributed by atoms with Gasteiger partial charge in [0.05, 0.1) is 22.9 Å². The predicted molar refractivity (Wildman–Crippen MR) is 125 cm³/mol. The van der Waals surface area contributed by atoms with Crippen molar-refractivity contribution in [3.63, 3.8) is 0 Å². The zero-order chi connectivity index (χ0) is 21.8. The fourth-order valence-electron chi connectivity index (χ4n) is 3.34. The number of aromatic nitrogens is 1.